The number of hydrogen-bond donors (Lipinski definition) is 9. The summed E-state index contributed by atoms with van der Waals surface area (Å²) in [5.74, 6) is -6.26. The number of hydrogen-bond acceptors (Lipinski definition) is 20. The average molecular weight is 1940 g/mol. The van der Waals surface area contributed by atoms with Gasteiger partial charge >= 0.3 is 30.1 Å². The summed E-state index contributed by atoms with van der Waals surface area (Å²) < 4.78 is 30.9. The zero-order valence-corrected chi connectivity index (χ0v) is 80.5. The molecule has 3 saturated carbocycles. The Balaban J connectivity index is 0.000000154. The fraction of sp³-hybridized carbons (Fsp3) is 0.396. The zero-order chi connectivity index (χ0) is 101. The number of amides is 9. The Labute approximate surface area is 828 Å². The summed E-state index contributed by atoms with van der Waals surface area (Å²) in [6.07, 6.45) is 19.0. The quantitative estimate of drug-likeness (QED) is 0.0254. The number of unbranched alkanes of at least 4 members (excludes halogenated alkanes) is 3. The van der Waals surface area contributed by atoms with Crippen LogP contribution in [-0.2, 0) is 63.8 Å². The van der Waals surface area contributed by atoms with E-state index >= 15 is 0 Å². The predicted molar refractivity (Wildman–Crippen MR) is 537 cm³/mol. The molecule has 32 nitrogen and oxygen atoms in total. The highest BCUT2D eigenvalue weighted by Crippen LogP contribution is 2.49. The van der Waals surface area contributed by atoms with Gasteiger partial charge in [-0.05, 0) is 124 Å². The molecule has 9 aliphatic rings. The molecule has 9 heterocycles. The standard InChI is InChI=1S/C37H42N4O7.C37H40N4O7.C37H40N4O6/c2*1-3-5-14-29-34(43)41-22-26(19-31(41)33(42)40-37(35(44)45)21-25(37)4-2)48-32-20-30(24-12-7-6-8-13-24)38-28-16-15-23(18-27(28)32)11-9-10-17-47-36(46)39-29;1-3-5-14-29-35(44)41-22-26(19-31(41)34(43)40-37(36(45)46)21-25(37)4-2)47-32-20-30(24-12-7-6-8-13-24)38-28-17-16-23(18-27(28)32)11-9-10-15-33(42)39-29/h4,6-8,12-13,15-16,18,20,25-26,29,31H,2-3,5,9-11,14,17,19,21-22H2,1H3,(H,39,46)(H,40,42)(H,44,45);4,6-9,11-13,15-16,18,20,25-26,29,31H,2-3,5,10,14,17,19,21-22H2,1H3,(H,39,46)(H,40,42)(H,44,45);4,6-9,11-13,16-18,20,25-26,29,31H,2-3,5,10,14-15,19,21-22H2,1H3,(H,39,42)(H,40,43)(H,45,46)/b;2*11-9+/t3*25-,26-,29+,31+,37-/m111/s1. The summed E-state index contributed by atoms with van der Waals surface area (Å²) >= 11 is 0. The number of rotatable bonds is 24. The number of aryl methyl sites for hydroxylation is 1. The summed E-state index contributed by atoms with van der Waals surface area (Å²) in [5.41, 5.74) is 5.60. The van der Waals surface area contributed by atoms with Gasteiger partial charge in [0.2, 0.25) is 41.4 Å². The minimum absolute atomic E-state index is 0.0469. The van der Waals surface area contributed by atoms with E-state index < -0.39 is 149 Å². The van der Waals surface area contributed by atoms with Crippen LogP contribution < -0.4 is 46.1 Å². The van der Waals surface area contributed by atoms with Crippen LogP contribution in [0.3, 0.4) is 0 Å². The summed E-state index contributed by atoms with van der Waals surface area (Å²) in [5, 5.41) is 48.8. The highest BCUT2D eigenvalue weighted by Gasteiger charge is 2.64. The van der Waals surface area contributed by atoms with E-state index in [9.17, 15) is 72.9 Å². The maximum absolute atomic E-state index is 14.2. The summed E-state index contributed by atoms with van der Waals surface area (Å²) in [6.45, 7) is 17.6. The predicted octanol–water partition coefficient (Wildman–Crippen LogP) is 15.0. The normalized spacial score (nSPS) is 26.1. The summed E-state index contributed by atoms with van der Waals surface area (Å²) in [4.78, 5) is 179. The lowest BCUT2D eigenvalue weighted by atomic mass is 10.0. The minimum Gasteiger partial charge on any atom is -0.488 e. The Morgan fingerprint density at radius 2 is 0.776 bits per heavy atom. The van der Waals surface area contributed by atoms with Gasteiger partial charge in [0.1, 0.15) is 88.4 Å². The van der Waals surface area contributed by atoms with Gasteiger partial charge in [-0.25, -0.2) is 38.9 Å². The van der Waals surface area contributed by atoms with Crippen molar-refractivity contribution >= 4 is 116 Å². The summed E-state index contributed by atoms with van der Waals surface area (Å²) in [7, 11) is 0. The molecular formula is C111H122N12O20. The fourth-order valence-electron chi connectivity index (χ4n) is 19.9. The Bertz CT molecular complexity index is 6420. The number of carboxylic acids is 3. The third-order valence-corrected chi connectivity index (χ3v) is 28.3. The lowest BCUT2D eigenvalue weighted by molar-refractivity contribution is -0.146. The molecule has 18 rings (SSSR count). The second-order valence-electron chi connectivity index (χ2n) is 38.2. The van der Waals surface area contributed by atoms with Crippen LogP contribution >= 0.6 is 0 Å². The molecule has 9 amide bonds. The minimum atomic E-state index is -1.47. The Morgan fingerprint density at radius 3 is 1.13 bits per heavy atom. The van der Waals surface area contributed by atoms with E-state index in [1.54, 1.807) is 0 Å². The first-order valence-corrected chi connectivity index (χ1v) is 49.6. The smallest absolute Gasteiger partial charge is 0.407 e. The maximum Gasteiger partial charge on any atom is 0.407 e. The summed E-state index contributed by atoms with van der Waals surface area (Å²) in [6, 6.07) is 47.0. The lowest BCUT2D eigenvalue weighted by Gasteiger charge is -2.29. The second-order valence-corrected chi connectivity index (χ2v) is 38.2. The van der Waals surface area contributed by atoms with Crippen LogP contribution in [-0.4, -0.2) is 220 Å². The Morgan fingerprint density at radius 1 is 0.427 bits per heavy atom. The molecule has 6 aromatic carbocycles. The molecule has 32 heteroatoms. The van der Waals surface area contributed by atoms with Crippen LogP contribution in [0.1, 0.15) is 166 Å². The van der Waals surface area contributed by atoms with Crippen molar-refractivity contribution in [2.75, 3.05) is 32.8 Å². The van der Waals surface area contributed by atoms with E-state index in [2.05, 4.69) is 57.7 Å². The monoisotopic (exact) mass is 1940 g/mol. The largest absolute Gasteiger partial charge is 0.488 e. The number of carbonyl (C=O) groups excluding carboxylic acids is 9. The molecule has 6 aliphatic heterocycles. The van der Waals surface area contributed by atoms with Crippen molar-refractivity contribution in [1.82, 2.24) is 61.6 Å². The molecular weight excluding hydrogens is 1820 g/mol. The van der Waals surface area contributed by atoms with E-state index in [0.29, 0.717) is 86.2 Å². The lowest BCUT2D eigenvalue weighted by Crippen LogP contribution is -2.56. The van der Waals surface area contributed by atoms with Crippen molar-refractivity contribution in [2.24, 2.45) is 17.8 Å². The molecule has 0 radical (unpaired) electrons. The van der Waals surface area contributed by atoms with Crippen molar-refractivity contribution in [1.29, 1.82) is 0 Å². The van der Waals surface area contributed by atoms with Gasteiger partial charge in [0, 0.05) is 94.5 Å². The number of cyclic esters (lactones) is 2. The van der Waals surface area contributed by atoms with Crippen LogP contribution in [0.5, 0.6) is 17.2 Å². The molecule has 0 unspecified atom stereocenters. The Kier molecular flexibility index (Phi) is 31.6. The molecule has 6 fully saturated rings. The van der Waals surface area contributed by atoms with Gasteiger partial charge in [-0.2, -0.15) is 0 Å². The number of nitrogens with one attached hydrogen (secondary N) is 6. The van der Waals surface area contributed by atoms with E-state index in [1.807, 2.05) is 203 Å². The van der Waals surface area contributed by atoms with Crippen molar-refractivity contribution < 1.29 is 96.5 Å². The maximum atomic E-state index is 14.2. The first-order chi connectivity index (χ1) is 69.2. The van der Waals surface area contributed by atoms with Gasteiger partial charge in [0.15, 0.2) is 0 Å². The van der Waals surface area contributed by atoms with Gasteiger partial charge in [-0.1, -0.05) is 211 Å². The van der Waals surface area contributed by atoms with Crippen LogP contribution in [0.4, 0.5) is 9.59 Å². The zero-order valence-electron chi connectivity index (χ0n) is 80.5. The second kappa shape index (κ2) is 44.8. The molecule has 3 saturated heterocycles. The van der Waals surface area contributed by atoms with E-state index in [4.69, 9.17) is 38.6 Å². The molecule has 3 aliphatic carbocycles. The first kappa shape index (κ1) is 101. The van der Waals surface area contributed by atoms with Gasteiger partial charge in [0.05, 0.1) is 66.5 Å². The number of carbonyl (C=O) groups is 12. The highest BCUT2D eigenvalue weighted by molar-refractivity contribution is 6.01. The third kappa shape index (κ3) is 23.1. The first-order valence-electron chi connectivity index (χ1n) is 49.6. The number of ether oxygens (including phenoxy) is 5. The molecule has 0 spiro atoms. The molecule has 12 bridgehead atoms. The van der Waals surface area contributed by atoms with Gasteiger partial charge in [0.25, 0.3) is 0 Å². The van der Waals surface area contributed by atoms with Crippen molar-refractivity contribution in [3.05, 3.63) is 231 Å². The van der Waals surface area contributed by atoms with Crippen molar-refractivity contribution in [2.45, 2.75) is 227 Å². The number of carboxylic acid groups (broad SMARTS) is 3. The average Bonchev–Trinajstić information content (AvgIpc) is 1.59. The topological polar surface area (TPSA) is 432 Å². The fourth-order valence-corrected chi connectivity index (χ4v) is 19.9. The number of allylic oxidation sites excluding steroid dienone is 1. The van der Waals surface area contributed by atoms with Gasteiger partial charge in [-0.15, -0.1) is 19.7 Å². The molecule has 15 atom stereocenters. The van der Waals surface area contributed by atoms with Crippen LogP contribution in [0.25, 0.3) is 78.6 Å². The number of aliphatic carboxylic acids is 3. The van der Waals surface area contributed by atoms with E-state index in [1.165, 1.54) is 32.9 Å². The van der Waals surface area contributed by atoms with Crippen molar-refractivity contribution in [3.8, 4) is 51.0 Å². The number of alkyl carbamates (subject to hydrolysis) is 2. The number of fused-ring (bicyclic) bond motifs is 9. The molecule has 9 N–H and O–H groups in total. The number of benzene rings is 6. The molecule has 746 valence electrons. The number of nitrogens with zero attached hydrogens (tertiary/aromatic N) is 6. The third-order valence-electron chi connectivity index (χ3n) is 28.3. The van der Waals surface area contributed by atoms with Crippen LogP contribution in [0.15, 0.2) is 214 Å². The van der Waals surface area contributed by atoms with Crippen LogP contribution in [0.2, 0.25) is 0 Å². The number of aromatic nitrogens is 3. The van der Waals surface area contributed by atoms with E-state index in [0.717, 1.165) is 104 Å². The van der Waals surface area contributed by atoms with Crippen LogP contribution in [0, 0.1) is 17.8 Å². The van der Waals surface area contributed by atoms with Gasteiger partial charge in [-0.3, -0.25) is 33.6 Å². The van der Waals surface area contributed by atoms with Crippen molar-refractivity contribution in [3.63, 3.8) is 0 Å². The number of pyridine rings is 3. The highest BCUT2D eigenvalue weighted by atomic mass is 16.6. The van der Waals surface area contributed by atoms with E-state index in [-0.39, 0.29) is 89.6 Å². The molecule has 143 heavy (non-hydrogen) atoms. The molecule has 3 aromatic heterocycles. The Hall–Kier alpha value is -15.1. The molecule has 9 aromatic rings. The SMILES string of the molecule is C=C[C@@H]1C[C@]1(NC(=O)[C@@H]1C[C@@H]2CN1C(=O)[C@H](CCCC)NC(=O)CC/C=C/c1ccc3nc(-c4ccccc4)cc(c3c1)O2)C(=O)O.C=C[C@@H]1C[C@]1(NC(=O)[C@@H]1C[C@@H]2CN1C(=O)[C@H](CCCC)NC(=O)OCC/C=C/c1ccc3nc(-c4ccccc4)cc(c3c1)O2)C(=O)O.C=C[C@@H]1C[C@]1(NC(=O)[C@@H]1C[C@@H]2CN1C(=O)[C@H](CCCC)NC(=O)OCCCCc1ccc3nc(-c4ccccc4)cc(c3c1)O2)C(=O)O. The van der Waals surface area contributed by atoms with Gasteiger partial charge < -0.3 is 85.6 Å².